The van der Waals surface area contributed by atoms with Crippen LogP contribution in [0.3, 0.4) is 0 Å². The highest BCUT2D eigenvalue weighted by atomic mass is 35.5. The fraction of sp³-hybridized carbons (Fsp3) is 0.400. The number of rotatable bonds is 2. The minimum absolute atomic E-state index is 0. The summed E-state index contributed by atoms with van der Waals surface area (Å²) in [6, 6.07) is 10.5. The maximum atomic E-state index is 5.98. The second kappa shape index (κ2) is 4.61. The van der Waals surface area contributed by atoms with Gasteiger partial charge in [-0.15, -0.1) is 12.4 Å². The van der Waals surface area contributed by atoms with Crippen molar-refractivity contribution in [3.05, 3.63) is 35.9 Å². The van der Waals surface area contributed by atoms with E-state index in [0.29, 0.717) is 0 Å². The van der Waals surface area contributed by atoms with Gasteiger partial charge in [0, 0.05) is 5.54 Å². The van der Waals surface area contributed by atoms with Crippen molar-refractivity contribution >= 4 is 12.4 Å². The van der Waals surface area contributed by atoms with Gasteiger partial charge in [-0.05, 0) is 24.8 Å². The van der Waals surface area contributed by atoms with Crippen LogP contribution in [-0.4, -0.2) is 11.0 Å². The monoisotopic (exact) mass is 201 g/mol. The van der Waals surface area contributed by atoms with Gasteiger partial charge in [0.05, 0.1) is 0 Å². The molecule has 0 saturated heterocycles. The topological polar surface area (TPSA) is 57.5 Å². The number of nitrogens with two attached hydrogens (primary N) is 1. The Kier molecular flexibility index (Phi) is 4.40. The largest absolute Gasteiger partial charge is 0.412 e. The maximum Gasteiger partial charge on any atom is 0.0196 e. The minimum atomic E-state index is 0. The molecule has 1 aromatic rings. The predicted octanol–water partition coefficient (Wildman–Crippen LogP) is 1.32. The van der Waals surface area contributed by atoms with Crippen LogP contribution in [0.15, 0.2) is 30.3 Å². The van der Waals surface area contributed by atoms with Gasteiger partial charge in [-0.25, -0.2) is 0 Å². The van der Waals surface area contributed by atoms with Crippen LogP contribution >= 0.6 is 12.4 Å². The van der Waals surface area contributed by atoms with Gasteiger partial charge in [-0.1, -0.05) is 30.3 Å². The van der Waals surface area contributed by atoms with Gasteiger partial charge in [0.15, 0.2) is 0 Å². The lowest BCUT2D eigenvalue weighted by Crippen LogP contribution is -2.24. The van der Waals surface area contributed by atoms with Crippen molar-refractivity contribution in [2.45, 2.75) is 24.8 Å². The van der Waals surface area contributed by atoms with E-state index < -0.39 is 0 Å². The second-order valence-corrected chi connectivity index (χ2v) is 3.52. The Morgan fingerprint density at radius 1 is 1.15 bits per heavy atom. The zero-order valence-electron chi connectivity index (χ0n) is 7.49. The molecule has 13 heavy (non-hydrogen) atoms. The van der Waals surface area contributed by atoms with Crippen molar-refractivity contribution in [3.8, 4) is 0 Å². The Balaban J connectivity index is 0.000000720. The molecule has 1 aliphatic rings. The fourth-order valence-electron chi connectivity index (χ4n) is 1.34. The summed E-state index contributed by atoms with van der Waals surface area (Å²) in [6.45, 7) is 0. The van der Waals surface area contributed by atoms with E-state index in [0.717, 1.165) is 6.42 Å². The number of hydrogen-bond acceptors (Lipinski definition) is 1. The van der Waals surface area contributed by atoms with E-state index in [2.05, 4.69) is 24.3 Å². The van der Waals surface area contributed by atoms with Crippen LogP contribution < -0.4 is 5.73 Å². The lowest BCUT2D eigenvalue weighted by atomic mass is 10.1. The zero-order chi connectivity index (χ0) is 7.73. The third kappa shape index (κ3) is 3.35. The molecule has 0 spiro atoms. The van der Waals surface area contributed by atoms with Gasteiger partial charge >= 0.3 is 0 Å². The van der Waals surface area contributed by atoms with Gasteiger partial charge < -0.3 is 11.2 Å². The van der Waals surface area contributed by atoms with Gasteiger partial charge in [-0.2, -0.15) is 0 Å². The predicted molar refractivity (Wildman–Crippen MR) is 57.2 cm³/mol. The van der Waals surface area contributed by atoms with Crippen molar-refractivity contribution in [2.24, 2.45) is 5.73 Å². The molecule has 2 nitrogen and oxygen atoms in total. The van der Waals surface area contributed by atoms with Gasteiger partial charge in [0.2, 0.25) is 0 Å². The summed E-state index contributed by atoms with van der Waals surface area (Å²) in [4.78, 5) is 0. The van der Waals surface area contributed by atoms with Crippen LogP contribution in [0.4, 0.5) is 0 Å². The Morgan fingerprint density at radius 3 is 2.15 bits per heavy atom. The number of halogens is 1. The van der Waals surface area contributed by atoms with E-state index >= 15 is 0 Å². The smallest absolute Gasteiger partial charge is 0.0196 e. The minimum Gasteiger partial charge on any atom is -0.412 e. The third-order valence-corrected chi connectivity index (χ3v) is 2.29. The van der Waals surface area contributed by atoms with E-state index in [1.165, 1.54) is 18.4 Å². The lowest BCUT2D eigenvalue weighted by molar-refractivity contribution is 0.672. The van der Waals surface area contributed by atoms with Crippen molar-refractivity contribution in [1.29, 1.82) is 0 Å². The molecule has 1 aromatic carbocycles. The average Bonchev–Trinajstić information content (AvgIpc) is 2.70. The van der Waals surface area contributed by atoms with E-state index in [4.69, 9.17) is 5.73 Å². The molecule has 1 aliphatic carbocycles. The molecule has 0 atom stereocenters. The summed E-state index contributed by atoms with van der Waals surface area (Å²) >= 11 is 0. The van der Waals surface area contributed by atoms with Gasteiger partial charge in [-0.3, -0.25) is 0 Å². The first kappa shape index (κ1) is 12.4. The first-order valence-corrected chi connectivity index (χ1v) is 4.11. The van der Waals surface area contributed by atoms with Crippen molar-refractivity contribution in [1.82, 2.24) is 0 Å². The highest BCUT2D eigenvalue weighted by Crippen LogP contribution is 2.35. The summed E-state index contributed by atoms with van der Waals surface area (Å²) in [5, 5.41) is 0. The molecule has 0 unspecified atom stereocenters. The van der Waals surface area contributed by atoms with E-state index in [9.17, 15) is 0 Å². The van der Waals surface area contributed by atoms with Crippen molar-refractivity contribution in [3.63, 3.8) is 0 Å². The number of benzene rings is 1. The Labute approximate surface area is 84.9 Å². The Hall–Kier alpha value is -0.570. The molecule has 0 bridgehead atoms. The summed E-state index contributed by atoms with van der Waals surface area (Å²) in [5.41, 5.74) is 7.50. The van der Waals surface area contributed by atoms with Crippen LogP contribution in [0, 0.1) is 0 Å². The molecule has 1 saturated carbocycles. The summed E-state index contributed by atoms with van der Waals surface area (Å²) in [5.74, 6) is 0. The number of hydrogen-bond donors (Lipinski definition) is 1. The van der Waals surface area contributed by atoms with E-state index in [1.54, 1.807) is 0 Å². The molecular formula is C10H16ClNO. The molecule has 74 valence electrons. The molecule has 0 aliphatic heterocycles. The second-order valence-electron chi connectivity index (χ2n) is 3.52. The molecule has 3 heteroatoms. The van der Waals surface area contributed by atoms with Crippen LogP contribution in [0.25, 0.3) is 0 Å². The SMILES string of the molecule is Cl.NC1(Cc2ccccc2)CC1.O. The fourth-order valence-corrected chi connectivity index (χ4v) is 1.34. The average molecular weight is 202 g/mol. The first-order valence-electron chi connectivity index (χ1n) is 4.11. The lowest BCUT2D eigenvalue weighted by Gasteiger charge is -2.06. The first-order chi connectivity index (χ1) is 5.29. The molecular weight excluding hydrogens is 186 g/mol. The zero-order valence-corrected chi connectivity index (χ0v) is 8.31. The van der Waals surface area contributed by atoms with E-state index in [-0.39, 0.29) is 23.4 Å². The van der Waals surface area contributed by atoms with E-state index in [1.807, 2.05) is 6.07 Å². The Bertz CT molecular complexity index is 246. The molecule has 0 aromatic heterocycles. The van der Waals surface area contributed by atoms with Gasteiger partial charge in [0.25, 0.3) is 0 Å². The van der Waals surface area contributed by atoms with Crippen LogP contribution in [0.1, 0.15) is 18.4 Å². The highest BCUT2D eigenvalue weighted by molar-refractivity contribution is 5.85. The summed E-state index contributed by atoms with van der Waals surface area (Å²) in [7, 11) is 0. The van der Waals surface area contributed by atoms with Gasteiger partial charge in [0.1, 0.15) is 0 Å². The van der Waals surface area contributed by atoms with Crippen LogP contribution in [-0.2, 0) is 6.42 Å². The summed E-state index contributed by atoms with van der Waals surface area (Å²) in [6.07, 6.45) is 3.44. The Morgan fingerprint density at radius 2 is 1.69 bits per heavy atom. The van der Waals surface area contributed by atoms with Crippen molar-refractivity contribution in [2.75, 3.05) is 0 Å². The molecule has 0 radical (unpaired) electrons. The van der Waals surface area contributed by atoms with Crippen LogP contribution in [0.5, 0.6) is 0 Å². The molecule has 1 fully saturated rings. The normalized spacial score (nSPS) is 16.7. The standard InChI is InChI=1S/C10H13N.ClH.H2O/c11-10(6-7-10)8-9-4-2-1-3-5-9;;/h1-5H,6-8,11H2;1H;1H2. The quantitative estimate of drug-likeness (QED) is 0.771. The molecule has 2 rings (SSSR count). The van der Waals surface area contributed by atoms with Crippen molar-refractivity contribution < 1.29 is 5.48 Å². The third-order valence-electron chi connectivity index (χ3n) is 2.29. The molecule has 4 N–H and O–H groups in total. The maximum absolute atomic E-state index is 5.98. The highest BCUT2D eigenvalue weighted by Gasteiger charge is 2.37. The summed E-state index contributed by atoms with van der Waals surface area (Å²) < 4.78 is 0. The van der Waals surface area contributed by atoms with Crippen LogP contribution in [0.2, 0.25) is 0 Å². The molecule has 0 amide bonds. The molecule has 0 heterocycles.